The van der Waals surface area contributed by atoms with Crippen molar-refractivity contribution >= 4 is 17.8 Å². The van der Waals surface area contributed by atoms with Crippen LogP contribution in [0, 0.1) is 12.8 Å². The summed E-state index contributed by atoms with van der Waals surface area (Å²) in [4.78, 5) is 63.7. The monoisotopic (exact) mass is 466 g/mol. The number of carboxylic acid groups (broad SMARTS) is 1. The summed E-state index contributed by atoms with van der Waals surface area (Å²) in [6.07, 6.45) is 0.237. The van der Waals surface area contributed by atoms with Crippen molar-refractivity contribution in [3.63, 3.8) is 0 Å². The Morgan fingerprint density at radius 1 is 1.42 bits per heavy atom. The van der Waals surface area contributed by atoms with Crippen LogP contribution in [0.4, 0.5) is 0 Å². The summed E-state index contributed by atoms with van der Waals surface area (Å²) < 4.78 is 11.9. The van der Waals surface area contributed by atoms with Gasteiger partial charge < -0.3 is 19.9 Å². The molecule has 1 fully saturated rings. The molecule has 14 heteroatoms. The minimum Gasteiger partial charge on any atom is -0.480 e. The Morgan fingerprint density at radius 3 is 2.73 bits per heavy atom. The van der Waals surface area contributed by atoms with Gasteiger partial charge in [0.1, 0.15) is 18.8 Å². The van der Waals surface area contributed by atoms with Gasteiger partial charge in [0.05, 0.1) is 18.7 Å². The van der Waals surface area contributed by atoms with Gasteiger partial charge in [-0.1, -0.05) is 19.0 Å². The summed E-state index contributed by atoms with van der Waals surface area (Å²) in [6.45, 7) is 4.71. The van der Waals surface area contributed by atoms with E-state index in [1.807, 2.05) is 0 Å². The van der Waals surface area contributed by atoms with Crippen molar-refractivity contribution in [2.75, 3.05) is 6.61 Å². The number of nitrogens with zero attached hydrogens (tertiary/aromatic N) is 4. The number of carbonyl (C=O) groups is 3. The number of carboxylic acids is 1. The summed E-state index contributed by atoms with van der Waals surface area (Å²) in [5.41, 5.74) is 8.00. The number of nitrogens with one attached hydrogen (secondary N) is 2. The first kappa shape index (κ1) is 25.6. The first-order valence-corrected chi connectivity index (χ1v) is 10.2. The standard InChI is InChI=1S/C19H26N6O8/c1-9(2)4-13(17(28)29)21-16(27)18(30)32-8-14-12(23-24-20)5-11(33-14)7-25-6-10(3)15(26)22-19(25)31/h6,9,11-14H,4-5,7-8H2,1-3H3,(H,21,27)(H,28,29)(H,22,26,31)/t11-,12?,13+,14-/m1/s1. The van der Waals surface area contributed by atoms with Crippen molar-refractivity contribution in [1.82, 2.24) is 14.9 Å². The summed E-state index contributed by atoms with van der Waals surface area (Å²) in [5.74, 6) is -3.82. The molecule has 0 bridgehead atoms. The lowest BCUT2D eigenvalue weighted by molar-refractivity contribution is -0.159. The Balaban J connectivity index is 1.99. The number of aryl methyl sites for hydroxylation is 1. The van der Waals surface area contributed by atoms with E-state index in [9.17, 15) is 29.1 Å². The zero-order valence-corrected chi connectivity index (χ0v) is 18.4. The molecule has 1 aliphatic rings. The maximum Gasteiger partial charge on any atom is 0.396 e. The lowest BCUT2D eigenvalue weighted by Gasteiger charge is -2.18. The minimum absolute atomic E-state index is 0.0328. The van der Waals surface area contributed by atoms with Gasteiger partial charge in [0.25, 0.3) is 5.56 Å². The number of hydrogen-bond donors (Lipinski definition) is 3. The van der Waals surface area contributed by atoms with Crippen LogP contribution in [0.3, 0.4) is 0 Å². The maximum atomic E-state index is 12.0. The van der Waals surface area contributed by atoms with E-state index in [0.29, 0.717) is 5.56 Å². The van der Waals surface area contributed by atoms with Gasteiger partial charge in [0.15, 0.2) is 0 Å². The molecule has 1 aliphatic heterocycles. The van der Waals surface area contributed by atoms with Crippen molar-refractivity contribution in [2.24, 2.45) is 11.0 Å². The van der Waals surface area contributed by atoms with Crippen LogP contribution in [0.15, 0.2) is 20.9 Å². The Kier molecular flexibility index (Phi) is 8.77. The summed E-state index contributed by atoms with van der Waals surface area (Å²) in [6, 6.07) is -1.98. The highest BCUT2D eigenvalue weighted by Gasteiger charge is 2.36. The quantitative estimate of drug-likeness (QED) is 0.146. The predicted molar refractivity (Wildman–Crippen MR) is 112 cm³/mol. The van der Waals surface area contributed by atoms with Gasteiger partial charge in [-0.3, -0.25) is 19.1 Å². The predicted octanol–water partition coefficient (Wildman–Crippen LogP) is -0.160. The van der Waals surface area contributed by atoms with Gasteiger partial charge in [0.2, 0.25) is 0 Å². The topological polar surface area (TPSA) is 206 Å². The highest BCUT2D eigenvalue weighted by Crippen LogP contribution is 2.25. The first-order valence-electron chi connectivity index (χ1n) is 10.2. The number of esters is 1. The molecule has 0 saturated carbocycles. The molecule has 2 heterocycles. The van der Waals surface area contributed by atoms with E-state index in [4.69, 9.17) is 15.0 Å². The van der Waals surface area contributed by atoms with E-state index in [1.165, 1.54) is 17.7 Å². The number of H-pyrrole nitrogens is 1. The number of hydrogen-bond acceptors (Lipinski definition) is 8. The fraction of sp³-hybridized carbons (Fsp3) is 0.632. The van der Waals surface area contributed by atoms with Crippen LogP contribution in [0.5, 0.6) is 0 Å². The molecule has 1 aromatic rings. The van der Waals surface area contributed by atoms with Crippen LogP contribution in [0.1, 0.15) is 32.3 Å². The van der Waals surface area contributed by atoms with Gasteiger partial charge in [-0.25, -0.2) is 14.4 Å². The molecule has 180 valence electrons. The lowest BCUT2D eigenvalue weighted by Crippen LogP contribution is -2.45. The maximum absolute atomic E-state index is 12.0. The van der Waals surface area contributed by atoms with Gasteiger partial charge in [-0.2, -0.15) is 0 Å². The molecule has 1 saturated heterocycles. The molecule has 0 aromatic carbocycles. The van der Waals surface area contributed by atoms with Gasteiger partial charge in [-0.15, -0.1) is 0 Å². The SMILES string of the molecule is Cc1cn(C[C@H]2CC(N=[N+]=[N-])[C@@H](COC(=O)C(=O)N[C@@H](CC(C)C)C(=O)O)O2)c(=O)[nH]c1=O. The Morgan fingerprint density at radius 2 is 2.12 bits per heavy atom. The van der Waals surface area contributed by atoms with Crippen molar-refractivity contribution in [3.8, 4) is 0 Å². The second kappa shape index (κ2) is 11.3. The Bertz CT molecular complexity index is 1060. The molecule has 0 aliphatic carbocycles. The van der Waals surface area contributed by atoms with Crippen LogP contribution in [0.2, 0.25) is 0 Å². The molecule has 0 spiro atoms. The fourth-order valence-corrected chi connectivity index (χ4v) is 3.38. The highest BCUT2D eigenvalue weighted by atomic mass is 16.6. The number of aromatic amines is 1. The zero-order chi connectivity index (χ0) is 24.7. The second-order valence-corrected chi connectivity index (χ2v) is 8.12. The third kappa shape index (κ3) is 7.19. The highest BCUT2D eigenvalue weighted by molar-refractivity contribution is 6.32. The van der Waals surface area contributed by atoms with E-state index < -0.39 is 60.0 Å². The van der Waals surface area contributed by atoms with Crippen LogP contribution >= 0.6 is 0 Å². The molecule has 2 rings (SSSR count). The number of aromatic nitrogens is 2. The average molecular weight is 466 g/mol. The zero-order valence-electron chi connectivity index (χ0n) is 18.4. The molecule has 14 nitrogen and oxygen atoms in total. The lowest BCUT2D eigenvalue weighted by atomic mass is 10.0. The molecule has 0 radical (unpaired) electrons. The molecule has 1 aromatic heterocycles. The van der Waals surface area contributed by atoms with Gasteiger partial charge in [0, 0.05) is 16.7 Å². The van der Waals surface area contributed by atoms with Crippen molar-refractivity contribution in [1.29, 1.82) is 0 Å². The van der Waals surface area contributed by atoms with E-state index >= 15 is 0 Å². The second-order valence-electron chi connectivity index (χ2n) is 8.12. The van der Waals surface area contributed by atoms with Crippen molar-refractivity contribution < 1.29 is 29.0 Å². The molecule has 1 amide bonds. The van der Waals surface area contributed by atoms with Crippen LogP contribution in [0.25, 0.3) is 10.4 Å². The molecular weight excluding hydrogens is 440 g/mol. The molecule has 4 atom stereocenters. The van der Waals surface area contributed by atoms with E-state index in [-0.39, 0.29) is 25.3 Å². The minimum atomic E-state index is -1.30. The molecule has 1 unspecified atom stereocenters. The normalized spacial score (nSPS) is 20.7. The third-order valence-electron chi connectivity index (χ3n) is 4.96. The van der Waals surface area contributed by atoms with Crippen molar-refractivity contribution in [2.45, 2.75) is 64.4 Å². The van der Waals surface area contributed by atoms with Gasteiger partial charge in [-0.05, 0) is 31.2 Å². The Hall–Kier alpha value is -3.64. The average Bonchev–Trinajstić information content (AvgIpc) is 3.10. The first-order chi connectivity index (χ1) is 15.5. The van der Waals surface area contributed by atoms with E-state index in [2.05, 4.69) is 20.3 Å². The van der Waals surface area contributed by atoms with Crippen molar-refractivity contribution in [3.05, 3.63) is 43.0 Å². The number of azide groups is 1. The summed E-state index contributed by atoms with van der Waals surface area (Å²) in [7, 11) is 0. The number of amides is 1. The Labute approximate surface area is 187 Å². The number of carbonyl (C=O) groups excluding carboxylic acids is 2. The molecule has 3 N–H and O–H groups in total. The largest absolute Gasteiger partial charge is 0.480 e. The third-order valence-corrected chi connectivity index (χ3v) is 4.96. The molecule has 33 heavy (non-hydrogen) atoms. The van der Waals surface area contributed by atoms with Gasteiger partial charge >= 0.3 is 23.5 Å². The fourth-order valence-electron chi connectivity index (χ4n) is 3.38. The number of ether oxygens (including phenoxy) is 2. The van der Waals surface area contributed by atoms with E-state index in [0.717, 1.165) is 0 Å². The number of rotatable bonds is 9. The number of aliphatic carboxylic acids is 1. The molecular formula is C19H26N6O8. The van der Waals surface area contributed by atoms with Crippen LogP contribution in [-0.2, 0) is 30.4 Å². The van der Waals surface area contributed by atoms with Crippen LogP contribution < -0.4 is 16.6 Å². The summed E-state index contributed by atoms with van der Waals surface area (Å²) in [5, 5.41) is 14.9. The smallest absolute Gasteiger partial charge is 0.396 e. The van der Waals surface area contributed by atoms with Crippen LogP contribution in [-0.4, -0.2) is 63.4 Å². The van der Waals surface area contributed by atoms with E-state index in [1.54, 1.807) is 13.8 Å². The summed E-state index contributed by atoms with van der Waals surface area (Å²) >= 11 is 0.